The second kappa shape index (κ2) is 6.72. The maximum atomic E-state index is 12.3. The van der Waals surface area contributed by atoms with E-state index in [2.05, 4.69) is 41.2 Å². The van der Waals surface area contributed by atoms with Crippen molar-refractivity contribution in [3.05, 3.63) is 35.2 Å². The highest BCUT2D eigenvalue weighted by atomic mass is 79.9. The van der Waals surface area contributed by atoms with E-state index < -0.39 is 0 Å². The number of benzene rings is 1. The van der Waals surface area contributed by atoms with Gasteiger partial charge in [0.05, 0.1) is 4.88 Å². The van der Waals surface area contributed by atoms with Crippen molar-refractivity contribution < 1.29 is 4.79 Å². The molecule has 0 saturated heterocycles. The fourth-order valence-corrected chi connectivity index (χ4v) is 4.16. The minimum absolute atomic E-state index is 0.0402. The predicted octanol–water partition coefficient (Wildman–Crippen LogP) is 4.83. The maximum absolute atomic E-state index is 12.3. The van der Waals surface area contributed by atoms with Crippen LogP contribution in [0.1, 0.15) is 36.4 Å². The quantitative estimate of drug-likeness (QED) is 0.740. The summed E-state index contributed by atoms with van der Waals surface area (Å²) in [6.45, 7) is 5.07. The van der Waals surface area contributed by atoms with Gasteiger partial charge in [0.15, 0.2) is 0 Å². The predicted molar refractivity (Wildman–Crippen MR) is 91.0 cm³/mol. The third-order valence-corrected chi connectivity index (χ3v) is 6.36. The van der Waals surface area contributed by atoms with E-state index in [9.17, 15) is 4.79 Å². The number of carbonyl (C=O) groups excluding carboxylic acids is 1. The molecule has 0 aliphatic heterocycles. The number of carbonyl (C=O) groups is 1. The summed E-state index contributed by atoms with van der Waals surface area (Å²) >= 11 is 5.13. The Morgan fingerprint density at radius 2 is 2.00 bits per heavy atom. The number of hydrogen-bond donors (Lipinski definition) is 1. The van der Waals surface area contributed by atoms with E-state index in [1.807, 2.05) is 24.3 Å². The van der Waals surface area contributed by atoms with Crippen LogP contribution in [0.3, 0.4) is 0 Å². The van der Waals surface area contributed by atoms with E-state index in [4.69, 9.17) is 0 Å². The van der Waals surface area contributed by atoms with Crippen LogP contribution >= 0.6 is 27.3 Å². The molecule has 0 atom stereocenters. The Morgan fingerprint density at radius 3 is 2.60 bits per heavy atom. The number of alkyl halides is 1. The normalized spacial score (nSPS) is 11.8. The fourth-order valence-electron chi connectivity index (χ4n) is 2.18. The van der Waals surface area contributed by atoms with Gasteiger partial charge >= 0.3 is 0 Å². The molecule has 0 unspecified atom stereocenters. The highest BCUT2D eigenvalue weighted by Gasteiger charge is 2.25. The molecule has 2 aromatic rings. The highest BCUT2D eigenvalue weighted by Crippen LogP contribution is 2.29. The molecule has 2 rings (SSSR count). The first kappa shape index (κ1) is 15.5. The molecule has 0 fully saturated rings. The van der Waals surface area contributed by atoms with Crippen molar-refractivity contribution in [2.24, 2.45) is 5.41 Å². The molecule has 0 aliphatic carbocycles. The van der Waals surface area contributed by atoms with Gasteiger partial charge in [-0.15, -0.1) is 11.3 Å². The van der Waals surface area contributed by atoms with Crippen LogP contribution in [0, 0.1) is 5.41 Å². The standard InChI is InChI=1S/C16H20BrNOS/c1-3-16(4-2,10-17)11-18-15(19)14-9-12-7-5-6-8-13(12)20-14/h5-9H,3-4,10-11H2,1-2H3,(H,18,19). The zero-order chi connectivity index (χ0) is 14.6. The van der Waals surface area contributed by atoms with E-state index in [-0.39, 0.29) is 11.3 Å². The summed E-state index contributed by atoms with van der Waals surface area (Å²) in [5.74, 6) is 0.0402. The topological polar surface area (TPSA) is 29.1 Å². The van der Waals surface area contributed by atoms with E-state index in [0.29, 0.717) is 0 Å². The Labute approximate surface area is 132 Å². The average molecular weight is 354 g/mol. The molecule has 1 aromatic heterocycles. The van der Waals surface area contributed by atoms with Gasteiger partial charge in [0, 0.05) is 16.6 Å². The number of amides is 1. The molecule has 1 aromatic carbocycles. The Morgan fingerprint density at radius 1 is 1.30 bits per heavy atom. The van der Waals surface area contributed by atoms with Crippen molar-refractivity contribution in [2.45, 2.75) is 26.7 Å². The molecule has 20 heavy (non-hydrogen) atoms. The van der Waals surface area contributed by atoms with Gasteiger partial charge in [0.1, 0.15) is 0 Å². The minimum atomic E-state index is 0.0402. The van der Waals surface area contributed by atoms with Crippen LogP contribution in [0.5, 0.6) is 0 Å². The molecule has 0 radical (unpaired) electrons. The lowest BCUT2D eigenvalue weighted by atomic mass is 9.84. The Hall–Kier alpha value is -0.870. The molecule has 0 spiro atoms. The highest BCUT2D eigenvalue weighted by molar-refractivity contribution is 9.09. The molecule has 1 N–H and O–H groups in total. The Balaban J connectivity index is 2.08. The lowest BCUT2D eigenvalue weighted by molar-refractivity contribution is 0.0936. The summed E-state index contributed by atoms with van der Waals surface area (Å²) in [7, 11) is 0. The van der Waals surface area contributed by atoms with Gasteiger partial charge in [-0.05, 0) is 35.8 Å². The van der Waals surface area contributed by atoms with E-state index in [0.717, 1.165) is 39.7 Å². The third kappa shape index (κ3) is 3.23. The number of halogens is 1. The van der Waals surface area contributed by atoms with Gasteiger partial charge in [-0.25, -0.2) is 0 Å². The van der Waals surface area contributed by atoms with Crippen LogP contribution in [-0.4, -0.2) is 17.8 Å². The van der Waals surface area contributed by atoms with Gasteiger partial charge in [0.25, 0.3) is 5.91 Å². The van der Waals surface area contributed by atoms with Crippen molar-refractivity contribution in [3.8, 4) is 0 Å². The molecule has 1 heterocycles. The number of rotatable bonds is 6. The van der Waals surface area contributed by atoms with Crippen LogP contribution in [0.25, 0.3) is 10.1 Å². The number of nitrogens with one attached hydrogen (secondary N) is 1. The molecule has 0 saturated carbocycles. The zero-order valence-electron chi connectivity index (χ0n) is 11.9. The minimum Gasteiger partial charge on any atom is -0.351 e. The van der Waals surface area contributed by atoms with Crippen molar-refractivity contribution in [3.63, 3.8) is 0 Å². The second-order valence-electron chi connectivity index (χ2n) is 5.17. The molecule has 1 amide bonds. The van der Waals surface area contributed by atoms with Gasteiger partial charge in [-0.1, -0.05) is 48.0 Å². The molecule has 108 valence electrons. The zero-order valence-corrected chi connectivity index (χ0v) is 14.3. The second-order valence-corrected chi connectivity index (χ2v) is 6.82. The van der Waals surface area contributed by atoms with Crippen LogP contribution in [0.2, 0.25) is 0 Å². The number of hydrogen-bond acceptors (Lipinski definition) is 2. The fraction of sp³-hybridized carbons (Fsp3) is 0.438. The first-order valence-corrected chi connectivity index (χ1v) is 8.90. The lowest BCUT2D eigenvalue weighted by Crippen LogP contribution is -2.37. The number of fused-ring (bicyclic) bond motifs is 1. The number of thiophene rings is 1. The Bertz CT molecular complexity index is 548. The monoisotopic (exact) mass is 353 g/mol. The van der Waals surface area contributed by atoms with E-state index >= 15 is 0 Å². The summed E-state index contributed by atoms with van der Waals surface area (Å²) in [5.41, 5.74) is 0.159. The molecular weight excluding hydrogens is 334 g/mol. The van der Waals surface area contributed by atoms with Gasteiger partial charge in [0.2, 0.25) is 0 Å². The Kier molecular flexibility index (Phi) is 5.22. The summed E-state index contributed by atoms with van der Waals surface area (Å²) in [6, 6.07) is 10.1. The van der Waals surface area contributed by atoms with Gasteiger partial charge in [-0.3, -0.25) is 4.79 Å². The van der Waals surface area contributed by atoms with Crippen LogP contribution in [0.15, 0.2) is 30.3 Å². The molecule has 0 aliphatic rings. The van der Waals surface area contributed by atoms with Crippen LogP contribution in [-0.2, 0) is 0 Å². The first-order valence-electron chi connectivity index (χ1n) is 6.97. The average Bonchev–Trinajstić information content (AvgIpc) is 2.93. The SMILES string of the molecule is CCC(CC)(CBr)CNC(=O)c1cc2ccccc2s1. The molecule has 2 nitrogen and oxygen atoms in total. The maximum Gasteiger partial charge on any atom is 0.261 e. The van der Waals surface area contributed by atoms with Crippen molar-refractivity contribution in [1.29, 1.82) is 0 Å². The van der Waals surface area contributed by atoms with Crippen LogP contribution < -0.4 is 5.32 Å². The van der Waals surface area contributed by atoms with Crippen molar-refractivity contribution in [2.75, 3.05) is 11.9 Å². The van der Waals surface area contributed by atoms with Gasteiger partial charge < -0.3 is 5.32 Å². The lowest BCUT2D eigenvalue weighted by Gasteiger charge is -2.29. The summed E-state index contributed by atoms with van der Waals surface area (Å²) in [5, 5.41) is 5.15. The summed E-state index contributed by atoms with van der Waals surface area (Å²) in [4.78, 5) is 13.1. The first-order chi connectivity index (χ1) is 9.64. The van der Waals surface area contributed by atoms with Crippen molar-refractivity contribution in [1.82, 2.24) is 5.32 Å². The van der Waals surface area contributed by atoms with E-state index in [1.54, 1.807) is 11.3 Å². The van der Waals surface area contributed by atoms with Gasteiger partial charge in [-0.2, -0.15) is 0 Å². The molecular formula is C16H20BrNOS. The largest absolute Gasteiger partial charge is 0.351 e. The third-order valence-electron chi connectivity index (χ3n) is 4.06. The van der Waals surface area contributed by atoms with E-state index in [1.165, 1.54) is 0 Å². The summed E-state index contributed by atoms with van der Waals surface area (Å²) in [6.07, 6.45) is 2.11. The van der Waals surface area contributed by atoms with Crippen molar-refractivity contribution >= 4 is 43.3 Å². The smallest absolute Gasteiger partial charge is 0.261 e. The van der Waals surface area contributed by atoms with Crippen LogP contribution in [0.4, 0.5) is 0 Å². The molecule has 0 bridgehead atoms. The molecule has 4 heteroatoms. The summed E-state index contributed by atoms with van der Waals surface area (Å²) < 4.78 is 1.16.